The van der Waals surface area contributed by atoms with E-state index in [0.717, 1.165) is 5.56 Å². The molecule has 2 N–H and O–H groups in total. The van der Waals surface area contributed by atoms with Gasteiger partial charge in [-0.2, -0.15) is 10.2 Å². The van der Waals surface area contributed by atoms with Crippen molar-refractivity contribution in [1.82, 2.24) is 19.6 Å². The van der Waals surface area contributed by atoms with Crippen LogP contribution in [0.5, 0.6) is 11.5 Å². The largest absolute Gasteiger partial charge is 0.490 e. The average molecular weight is 413 g/mol. The molecule has 1 amide bonds. The Hall–Kier alpha value is -3.82. The first-order valence-electron chi connectivity index (χ1n) is 9.40. The summed E-state index contributed by atoms with van der Waals surface area (Å²) in [6, 6.07) is 5.66. The van der Waals surface area contributed by atoms with Gasteiger partial charge in [-0.05, 0) is 31.5 Å². The topological polar surface area (TPSA) is 121 Å². The van der Waals surface area contributed by atoms with E-state index >= 15 is 0 Å². The van der Waals surface area contributed by atoms with Crippen molar-refractivity contribution in [3.63, 3.8) is 0 Å². The van der Waals surface area contributed by atoms with Gasteiger partial charge in [0.15, 0.2) is 17.2 Å². The van der Waals surface area contributed by atoms with Crippen LogP contribution in [0.1, 0.15) is 40.3 Å². The minimum absolute atomic E-state index is 0.0226. The number of aromatic carboxylic acids is 1. The molecule has 2 aromatic heterocycles. The zero-order valence-electron chi connectivity index (χ0n) is 17.0. The molecule has 1 aromatic carbocycles. The molecule has 0 spiro atoms. The number of benzene rings is 1. The van der Waals surface area contributed by atoms with Gasteiger partial charge in [0.05, 0.1) is 37.2 Å². The SMILES string of the molecule is CCOc1ccc(Cn2cc(NC(=O)c3cn(C)nc3C(=O)O)cn2)cc1OCC. The average Bonchev–Trinajstić information content (AvgIpc) is 3.30. The van der Waals surface area contributed by atoms with Gasteiger partial charge in [-0.3, -0.25) is 14.2 Å². The Labute approximate surface area is 173 Å². The first-order valence-corrected chi connectivity index (χ1v) is 9.40. The first kappa shape index (κ1) is 20.9. The van der Waals surface area contributed by atoms with Gasteiger partial charge >= 0.3 is 5.97 Å². The van der Waals surface area contributed by atoms with E-state index in [1.165, 1.54) is 17.1 Å². The van der Waals surface area contributed by atoms with Crippen LogP contribution in [0.2, 0.25) is 0 Å². The van der Waals surface area contributed by atoms with E-state index in [4.69, 9.17) is 9.47 Å². The summed E-state index contributed by atoms with van der Waals surface area (Å²) in [6.45, 7) is 5.34. The summed E-state index contributed by atoms with van der Waals surface area (Å²) in [5.74, 6) is -0.491. The van der Waals surface area contributed by atoms with Crippen LogP contribution in [-0.4, -0.2) is 49.8 Å². The summed E-state index contributed by atoms with van der Waals surface area (Å²) in [4.78, 5) is 23.7. The molecule has 0 atom stereocenters. The number of carbonyl (C=O) groups excluding carboxylic acids is 1. The number of carbonyl (C=O) groups is 2. The second kappa shape index (κ2) is 9.12. The van der Waals surface area contributed by atoms with E-state index < -0.39 is 11.9 Å². The van der Waals surface area contributed by atoms with Gasteiger partial charge < -0.3 is 19.9 Å². The molecular weight excluding hydrogens is 390 g/mol. The molecule has 0 saturated heterocycles. The minimum Gasteiger partial charge on any atom is -0.490 e. The number of hydrogen-bond donors (Lipinski definition) is 2. The Morgan fingerprint density at radius 2 is 1.87 bits per heavy atom. The zero-order chi connectivity index (χ0) is 21.7. The van der Waals surface area contributed by atoms with E-state index in [-0.39, 0.29) is 11.3 Å². The van der Waals surface area contributed by atoms with E-state index in [1.54, 1.807) is 17.9 Å². The summed E-state index contributed by atoms with van der Waals surface area (Å²) >= 11 is 0. The maximum atomic E-state index is 12.4. The van der Waals surface area contributed by atoms with Crippen LogP contribution >= 0.6 is 0 Å². The highest BCUT2D eigenvalue weighted by Gasteiger charge is 2.21. The molecule has 10 nitrogen and oxygen atoms in total. The maximum absolute atomic E-state index is 12.4. The molecule has 0 unspecified atom stereocenters. The highest BCUT2D eigenvalue weighted by Crippen LogP contribution is 2.29. The first-order chi connectivity index (χ1) is 14.4. The molecular formula is C20H23N5O5. The lowest BCUT2D eigenvalue weighted by Gasteiger charge is -2.12. The van der Waals surface area contributed by atoms with Crippen LogP contribution in [0.3, 0.4) is 0 Å². The van der Waals surface area contributed by atoms with Gasteiger partial charge in [-0.15, -0.1) is 0 Å². The summed E-state index contributed by atoms with van der Waals surface area (Å²) in [6.07, 6.45) is 4.51. The number of amides is 1. The quantitative estimate of drug-likeness (QED) is 0.553. The Morgan fingerprint density at radius 3 is 2.57 bits per heavy atom. The zero-order valence-corrected chi connectivity index (χ0v) is 17.0. The Morgan fingerprint density at radius 1 is 1.13 bits per heavy atom. The molecule has 2 heterocycles. The van der Waals surface area contributed by atoms with Gasteiger partial charge in [0.25, 0.3) is 5.91 Å². The van der Waals surface area contributed by atoms with E-state index in [1.807, 2.05) is 32.0 Å². The number of hydrogen-bond acceptors (Lipinski definition) is 6. The van der Waals surface area contributed by atoms with Crippen molar-refractivity contribution in [3.05, 3.63) is 53.6 Å². The summed E-state index contributed by atoms with van der Waals surface area (Å²) in [5.41, 5.74) is 1.06. The predicted molar refractivity (Wildman–Crippen MR) is 108 cm³/mol. The lowest BCUT2D eigenvalue weighted by Crippen LogP contribution is -2.15. The smallest absolute Gasteiger partial charge is 0.357 e. The molecule has 0 radical (unpaired) electrons. The van der Waals surface area contributed by atoms with Gasteiger partial charge in [-0.1, -0.05) is 6.07 Å². The number of ether oxygens (including phenoxy) is 2. The normalized spacial score (nSPS) is 10.6. The van der Waals surface area contributed by atoms with Crippen LogP contribution in [0.25, 0.3) is 0 Å². The summed E-state index contributed by atoms with van der Waals surface area (Å²) < 4.78 is 14.1. The molecule has 0 fully saturated rings. The van der Waals surface area contributed by atoms with E-state index in [2.05, 4.69) is 15.5 Å². The lowest BCUT2D eigenvalue weighted by atomic mass is 10.2. The third-order valence-corrected chi connectivity index (χ3v) is 4.12. The molecule has 30 heavy (non-hydrogen) atoms. The number of carboxylic acids is 1. The summed E-state index contributed by atoms with van der Waals surface area (Å²) in [5, 5.41) is 19.9. The molecule has 0 aliphatic carbocycles. The fraction of sp³-hybridized carbons (Fsp3) is 0.300. The Bertz CT molecular complexity index is 1060. The number of nitrogens with zero attached hydrogens (tertiary/aromatic N) is 4. The van der Waals surface area contributed by atoms with Crippen molar-refractivity contribution < 1.29 is 24.2 Å². The van der Waals surface area contributed by atoms with Crippen molar-refractivity contribution in [2.45, 2.75) is 20.4 Å². The van der Waals surface area contributed by atoms with E-state index in [0.29, 0.717) is 36.9 Å². The third kappa shape index (κ3) is 4.77. The van der Waals surface area contributed by atoms with Crippen LogP contribution in [0.15, 0.2) is 36.8 Å². The molecule has 158 valence electrons. The van der Waals surface area contributed by atoms with E-state index in [9.17, 15) is 14.7 Å². The number of carboxylic acid groups (broad SMARTS) is 1. The molecule has 0 saturated carbocycles. The van der Waals surface area contributed by atoms with Gasteiger partial charge in [0, 0.05) is 19.4 Å². The number of anilines is 1. The van der Waals surface area contributed by atoms with Crippen molar-refractivity contribution in [3.8, 4) is 11.5 Å². The second-order valence-electron chi connectivity index (χ2n) is 6.40. The Balaban J connectivity index is 1.72. The molecule has 0 aliphatic heterocycles. The third-order valence-electron chi connectivity index (χ3n) is 4.12. The van der Waals surface area contributed by atoms with Crippen molar-refractivity contribution in [2.24, 2.45) is 7.05 Å². The molecule has 0 bridgehead atoms. The monoisotopic (exact) mass is 413 g/mol. The molecule has 3 aromatic rings. The number of nitrogens with one attached hydrogen (secondary N) is 1. The predicted octanol–water partition coefficient (Wildman–Crippen LogP) is 2.41. The van der Waals surface area contributed by atoms with Crippen LogP contribution < -0.4 is 14.8 Å². The number of aryl methyl sites for hydroxylation is 1. The molecule has 0 aliphatic rings. The highest BCUT2D eigenvalue weighted by atomic mass is 16.5. The number of aromatic nitrogens is 4. The van der Waals surface area contributed by atoms with Crippen LogP contribution in [-0.2, 0) is 13.6 Å². The second-order valence-corrected chi connectivity index (χ2v) is 6.40. The minimum atomic E-state index is -1.27. The Kier molecular flexibility index (Phi) is 6.35. The van der Waals surface area contributed by atoms with Crippen molar-refractivity contribution in [1.29, 1.82) is 0 Å². The molecule has 3 rings (SSSR count). The molecule has 10 heteroatoms. The van der Waals surface area contributed by atoms with Gasteiger partial charge in [0.1, 0.15) is 0 Å². The lowest BCUT2D eigenvalue weighted by molar-refractivity contribution is 0.0685. The fourth-order valence-electron chi connectivity index (χ4n) is 2.91. The maximum Gasteiger partial charge on any atom is 0.357 e. The van der Waals surface area contributed by atoms with Crippen molar-refractivity contribution in [2.75, 3.05) is 18.5 Å². The highest BCUT2D eigenvalue weighted by molar-refractivity contribution is 6.09. The van der Waals surface area contributed by atoms with Gasteiger partial charge in [0.2, 0.25) is 0 Å². The number of rotatable bonds is 9. The fourth-order valence-corrected chi connectivity index (χ4v) is 2.91. The van der Waals surface area contributed by atoms with Crippen LogP contribution in [0, 0.1) is 0 Å². The van der Waals surface area contributed by atoms with Gasteiger partial charge in [-0.25, -0.2) is 4.79 Å². The van der Waals surface area contributed by atoms with Crippen molar-refractivity contribution >= 4 is 17.6 Å². The standard InChI is InChI=1S/C20H23N5O5/c1-4-29-16-7-6-13(8-17(16)30-5-2)10-25-11-14(9-21-25)22-19(26)15-12-24(3)23-18(15)20(27)28/h6-9,11-12H,4-5,10H2,1-3H3,(H,22,26)(H,27,28). The summed E-state index contributed by atoms with van der Waals surface area (Å²) in [7, 11) is 1.55. The van der Waals surface area contributed by atoms with Crippen LogP contribution in [0.4, 0.5) is 5.69 Å².